The first-order valence-electron chi connectivity index (χ1n) is 5.51. The standard InChI is InChI=1S/C11H16N2O4S/c1-2-12-18(16,17)13-10-6-4-3-5-9(10)7-8-11(14)15/h3-6,12-13H,2,7-8H2,1H3,(H,14,15). The average molecular weight is 272 g/mol. The van der Waals surface area contributed by atoms with Crippen LogP contribution in [0.1, 0.15) is 18.9 Å². The monoisotopic (exact) mass is 272 g/mol. The molecule has 0 aliphatic carbocycles. The summed E-state index contributed by atoms with van der Waals surface area (Å²) in [6, 6.07) is 6.73. The van der Waals surface area contributed by atoms with Crippen molar-refractivity contribution in [3.8, 4) is 0 Å². The number of anilines is 1. The zero-order chi connectivity index (χ0) is 13.6. The number of rotatable bonds is 7. The largest absolute Gasteiger partial charge is 0.481 e. The number of aryl methyl sites for hydroxylation is 1. The second-order valence-corrected chi connectivity index (χ2v) is 5.15. The van der Waals surface area contributed by atoms with Gasteiger partial charge in [-0.1, -0.05) is 25.1 Å². The van der Waals surface area contributed by atoms with E-state index < -0.39 is 16.2 Å². The number of carbonyl (C=O) groups is 1. The highest BCUT2D eigenvalue weighted by Crippen LogP contribution is 2.17. The number of hydrogen-bond acceptors (Lipinski definition) is 3. The molecule has 1 aromatic carbocycles. The molecule has 100 valence electrons. The minimum atomic E-state index is -3.59. The molecule has 0 atom stereocenters. The molecular weight excluding hydrogens is 256 g/mol. The predicted octanol–water partition coefficient (Wildman–Crippen LogP) is 0.970. The van der Waals surface area contributed by atoms with Gasteiger partial charge >= 0.3 is 5.97 Å². The van der Waals surface area contributed by atoms with Crippen molar-refractivity contribution in [3.05, 3.63) is 29.8 Å². The van der Waals surface area contributed by atoms with E-state index in [9.17, 15) is 13.2 Å². The predicted molar refractivity (Wildman–Crippen MR) is 68.6 cm³/mol. The maximum atomic E-state index is 11.6. The van der Waals surface area contributed by atoms with Crippen LogP contribution in [0.2, 0.25) is 0 Å². The molecular formula is C11H16N2O4S. The fraction of sp³-hybridized carbons (Fsp3) is 0.364. The molecule has 0 saturated heterocycles. The van der Waals surface area contributed by atoms with Crippen LogP contribution in [0.25, 0.3) is 0 Å². The van der Waals surface area contributed by atoms with Gasteiger partial charge in [0, 0.05) is 13.0 Å². The molecule has 0 amide bonds. The van der Waals surface area contributed by atoms with Crippen molar-refractivity contribution in [2.45, 2.75) is 19.8 Å². The maximum absolute atomic E-state index is 11.6. The molecule has 0 aliphatic rings. The molecule has 0 spiro atoms. The molecule has 0 heterocycles. The lowest BCUT2D eigenvalue weighted by atomic mass is 10.1. The smallest absolute Gasteiger partial charge is 0.303 e. The van der Waals surface area contributed by atoms with Gasteiger partial charge in [0.2, 0.25) is 0 Å². The van der Waals surface area contributed by atoms with E-state index in [0.29, 0.717) is 11.3 Å². The van der Waals surface area contributed by atoms with Gasteiger partial charge in [-0.3, -0.25) is 9.52 Å². The highest BCUT2D eigenvalue weighted by atomic mass is 32.2. The van der Waals surface area contributed by atoms with E-state index in [-0.39, 0.29) is 19.4 Å². The SMILES string of the molecule is CCNS(=O)(=O)Nc1ccccc1CCC(=O)O. The Labute approximate surface area is 106 Å². The Morgan fingerprint density at radius 2 is 2.00 bits per heavy atom. The lowest BCUT2D eigenvalue weighted by Gasteiger charge is -2.11. The van der Waals surface area contributed by atoms with Gasteiger partial charge in [-0.15, -0.1) is 0 Å². The highest BCUT2D eigenvalue weighted by Gasteiger charge is 2.11. The highest BCUT2D eigenvalue weighted by molar-refractivity contribution is 7.90. The van der Waals surface area contributed by atoms with Crippen molar-refractivity contribution in [1.29, 1.82) is 0 Å². The van der Waals surface area contributed by atoms with Crippen LogP contribution in [0.3, 0.4) is 0 Å². The summed E-state index contributed by atoms with van der Waals surface area (Å²) in [6.45, 7) is 1.96. The van der Waals surface area contributed by atoms with Gasteiger partial charge in [-0.25, -0.2) is 0 Å². The zero-order valence-electron chi connectivity index (χ0n) is 10.0. The first-order chi connectivity index (χ1) is 8.44. The summed E-state index contributed by atoms with van der Waals surface area (Å²) in [7, 11) is -3.59. The molecule has 0 aromatic heterocycles. The number of benzene rings is 1. The molecule has 0 unspecified atom stereocenters. The van der Waals surface area contributed by atoms with E-state index in [1.54, 1.807) is 31.2 Å². The van der Waals surface area contributed by atoms with Gasteiger partial charge in [0.1, 0.15) is 0 Å². The van der Waals surface area contributed by atoms with Gasteiger partial charge in [0.25, 0.3) is 10.2 Å². The van der Waals surface area contributed by atoms with Crippen molar-refractivity contribution in [2.75, 3.05) is 11.3 Å². The Hall–Kier alpha value is -1.60. The minimum absolute atomic E-state index is 0.0417. The Morgan fingerprint density at radius 1 is 1.33 bits per heavy atom. The lowest BCUT2D eigenvalue weighted by molar-refractivity contribution is -0.136. The summed E-state index contributed by atoms with van der Waals surface area (Å²) in [5.74, 6) is -0.917. The van der Waals surface area contributed by atoms with Crippen LogP contribution < -0.4 is 9.44 Å². The fourth-order valence-electron chi connectivity index (χ4n) is 1.45. The Kier molecular flexibility index (Phi) is 5.11. The molecule has 0 saturated carbocycles. The van der Waals surface area contributed by atoms with Crippen LogP contribution in [0.15, 0.2) is 24.3 Å². The average Bonchev–Trinajstić information content (AvgIpc) is 2.27. The van der Waals surface area contributed by atoms with Crippen molar-refractivity contribution >= 4 is 21.9 Å². The maximum Gasteiger partial charge on any atom is 0.303 e. The van der Waals surface area contributed by atoms with Crippen LogP contribution in [0.5, 0.6) is 0 Å². The third-order valence-electron chi connectivity index (χ3n) is 2.20. The molecule has 0 radical (unpaired) electrons. The van der Waals surface area contributed by atoms with Crippen molar-refractivity contribution in [1.82, 2.24) is 4.72 Å². The first kappa shape index (κ1) is 14.5. The van der Waals surface area contributed by atoms with Crippen LogP contribution in [-0.2, 0) is 21.4 Å². The number of carboxylic acid groups (broad SMARTS) is 1. The first-order valence-corrected chi connectivity index (χ1v) is 7.00. The van der Waals surface area contributed by atoms with Crippen molar-refractivity contribution < 1.29 is 18.3 Å². The fourth-order valence-corrected chi connectivity index (χ4v) is 2.39. The summed E-state index contributed by atoms with van der Waals surface area (Å²) in [5, 5.41) is 8.63. The van der Waals surface area contributed by atoms with Gasteiger partial charge in [-0.05, 0) is 18.1 Å². The molecule has 3 N–H and O–H groups in total. The van der Waals surface area contributed by atoms with Crippen LogP contribution >= 0.6 is 0 Å². The van der Waals surface area contributed by atoms with E-state index in [1.165, 1.54) is 0 Å². The number of aliphatic carboxylic acids is 1. The third-order valence-corrected chi connectivity index (χ3v) is 3.36. The third kappa shape index (κ3) is 4.72. The molecule has 0 aliphatic heterocycles. The van der Waals surface area contributed by atoms with E-state index in [0.717, 1.165) is 0 Å². The Morgan fingerprint density at radius 3 is 2.61 bits per heavy atom. The van der Waals surface area contributed by atoms with E-state index >= 15 is 0 Å². The Bertz CT molecular complexity index is 514. The summed E-state index contributed by atoms with van der Waals surface area (Å²) in [6.07, 6.45) is 0.236. The van der Waals surface area contributed by atoms with Crippen LogP contribution in [-0.4, -0.2) is 26.0 Å². The summed E-state index contributed by atoms with van der Waals surface area (Å²) < 4.78 is 27.8. The molecule has 1 rings (SSSR count). The second kappa shape index (κ2) is 6.36. The Balaban J connectivity index is 2.85. The van der Waals surface area contributed by atoms with E-state index in [4.69, 9.17) is 5.11 Å². The second-order valence-electron chi connectivity index (χ2n) is 3.65. The number of nitrogens with one attached hydrogen (secondary N) is 2. The summed E-state index contributed by atoms with van der Waals surface area (Å²) >= 11 is 0. The molecule has 6 nitrogen and oxygen atoms in total. The minimum Gasteiger partial charge on any atom is -0.481 e. The quantitative estimate of drug-likeness (QED) is 0.689. The van der Waals surface area contributed by atoms with Crippen LogP contribution in [0, 0.1) is 0 Å². The molecule has 0 bridgehead atoms. The van der Waals surface area contributed by atoms with Gasteiger partial charge in [-0.2, -0.15) is 13.1 Å². The topological polar surface area (TPSA) is 95.5 Å². The number of hydrogen-bond donors (Lipinski definition) is 3. The van der Waals surface area contributed by atoms with E-state index in [1.807, 2.05) is 0 Å². The van der Waals surface area contributed by atoms with Gasteiger partial charge in [0.15, 0.2) is 0 Å². The van der Waals surface area contributed by atoms with Crippen molar-refractivity contribution in [3.63, 3.8) is 0 Å². The molecule has 7 heteroatoms. The number of carboxylic acids is 1. The zero-order valence-corrected chi connectivity index (χ0v) is 10.8. The normalized spacial score (nSPS) is 11.2. The van der Waals surface area contributed by atoms with Gasteiger partial charge in [0.05, 0.1) is 5.69 Å². The van der Waals surface area contributed by atoms with Crippen molar-refractivity contribution in [2.24, 2.45) is 0 Å². The lowest BCUT2D eigenvalue weighted by Crippen LogP contribution is -2.30. The molecule has 18 heavy (non-hydrogen) atoms. The van der Waals surface area contributed by atoms with Gasteiger partial charge < -0.3 is 5.11 Å². The summed E-state index contributed by atoms with van der Waals surface area (Å²) in [5.41, 5.74) is 1.06. The number of para-hydroxylation sites is 1. The van der Waals surface area contributed by atoms with E-state index in [2.05, 4.69) is 9.44 Å². The summed E-state index contributed by atoms with van der Waals surface area (Å²) in [4.78, 5) is 10.5. The molecule has 1 aromatic rings. The molecule has 0 fully saturated rings. The van der Waals surface area contributed by atoms with Crippen LogP contribution in [0.4, 0.5) is 5.69 Å².